The Labute approximate surface area is 226 Å². The van der Waals surface area contributed by atoms with Crippen LogP contribution in [0.4, 0.5) is 17.1 Å². The zero-order valence-corrected chi connectivity index (χ0v) is 22.7. The highest BCUT2D eigenvalue weighted by Crippen LogP contribution is 2.64. The highest BCUT2D eigenvalue weighted by Gasteiger charge is 2.53. The molecule has 0 bridgehead atoms. The Morgan fingerprint density at radius 3 is 1.84 bits per heavy atom. The van der Waals surface area contributed by atoms with E-state index in [1.54, 1.807) is 11.1 Å². The van der Waals surface area contributed by atoms with Crippen LogP contribution in [0.3, 0.4) is 0 Å². The zero-order chi connectivity index (χ0) is 26.0. The SMILES string of the molecule is C/C=C\C1=C(C)C2(C3=C1C=CC3)C1=C(C=CC1)c1ccc(N(c3ccc(C)cc3)c3ccc(C)cc3)cc12. The number of aryl methyl sites for hydroxylation is 2. The van der Waals surface area contributed by atoms with Crippen molar-refractivity contribution in [2.24, 2.45) is 0 Å². The summed E-state index contributed by atoms with van der Waals surface area (Å²) in [6, 6.07) is 25.0. The predicted molar refractivity (Wildman–Crippen MR) is 161 cm³/mol. The van der Waals surface area contributed by atoms with Gasteiger partial charge in [0.1, 0.15) is 0 Å². The average molecular weight is 492 g/mol. The monoisotopic (exact) mass is 491 g/mol. The van der Waals surface area contributed by atoms with Crippen molar-refractivity contribution in [3.8, 4) is 0 Å². The van der Waals surface area contributed by atoms with E-state index in [-0.39, 0.29) is 5.41 Å². The second-order valence-corrected chi connectivity index (χ2v) is 11.0. The van der Waals surface area contributed by atoms with E-state index in [9.17, 15) is 0 Å². The molecular formula is C37H33N. The summed E-state index contributed by atoms with van der Waals surface area (Å²) in [4.78, 5) is 2.41. The van der Waals surface area contributed by atoms with Crippen LogP contribution in [0.1, 0.15) is 48.9 Å². The third-order valence-electron chi connectivity index (χ3n) is 8.90. The number of rotatable bonds is 4. The Morgan fingerprint density at radius 1 is 0.684 bits per heavy atom. The zero-order valence-electron chi connectivity index (χ0n) is 22.7. The number of nitrogens with zero attached hydrogens (tertiary/aromatic N) is 1. The fraction of sp³-hybridized carbons (Fsp3) is 0.189. The molecule has 0 aliphatic heterocycles. The van der Waals surface area contributed by atoms with Crippen molar-refractivity contribution in [2.75, 3.05) is 4.90 Å². The lowest BCUT2D eigenvalue weighted by molar-refractivity contribution is 0.690. The first-order valence-corrected chi connectivity index (χ1v) is 13.8. The molecule has 0 saturated heterocycles. The molecule has 0 fully saturated rings. The Morgan fingerprint density at radius 2 is 1.24 bits per heavy atom. The normalized spacial score (nSPS) is 20.9. The number of hydrogen-bond acceptors (Lipinski definition) is 1. The number of allylic oxidation sites excluding steroid dienone is 12. The molecule has 3 aromatic carbocycles. The van der Waals surface area contributed by atoms with Gasteiger partial charge in [0.25, 0.3) is 0 Å². The second kappa shape index (κ2) is 8.46. The molecule has 4 aliphatic carbocycles. The predicted octanol–water partition coefficient (Wildman–Crippen LogP) is 9.90. The van der Waals surface area contributed by atoms with Crippen LogP contribution in [0.2, 0.25) is 0 Å². The number of benzene rings is 3. The Balaban J connectivity index is 1.48. The van der Waals surface area contributed by atoms with Crippen LogP contribution >= 0.6 is 0 Å². The topological polar surface area (TPSA) is 3.24 Å². The minimum Gasteiger partial charge on any atom is -0.310 e. The summed E-state index contributed by atoms with van der Waals surface area (Å²) in [5, 5.41) is 0. The Bertz CT molecular complexity index is 1620. The highest BCUT2D eigenvalue weighted by molar-refractivity contribution is 5.95. The standard InChI is InChI=1S/C37H33N/c1-5-8-30-26(4)37(34-11-6-9-31(30)34)35-12-7-10-32(35)33-22-21-29(23-36(33)37)38(27-17-13-24(2)14-18-27)28-19-15-25(3)16-20-28/h5-10,13-23H,11-12H2,1-4H3/b8-5-. The lowest BCUT2D eigenvalue weighted by Crippen LogP contribution is -2.29. The second-order valence-electron chi connectivity index (χ2n) is 11.0. The average Bonchev–Trinajstić information content (AvgIpc) is 3.69. The minimum absolute atomic E-state index is 0.149. The molecule has 1 atom stereocenters. The molecule has 1 unspecified atom stereocenters. The third kappa shape index (κ3) is 3.05. The molecule has 1 nitrogen and oxygen atoms in total. The van der Waals surface area contributed by atoms with Gasteiger partial charge in [-0.15, -0.1) is 0 Å². The first-order valence-electron chi connectivity index (χ1n) is 13.8. The highest BCUT2D eigenvalue weighted by atomic mass is 15.1. The minimum atomic E-state index is -0.149. The van der Waals surface area contributed by atoms with Gasteiger partial charge in [-0.25, -0.2) is 0 Å². The molecule has 38 heavy (non-hydrogen) atoms. The molecular weight excluding hydrogens is 458 g/mol. The van der Waals surface area contributed by atoms with Crippen molar-refractivity contribution in [2.45, 2.75) is 46.0 Å². The van der Waals surface area contributed by atoms with E-state index in [1.807, 2.05) is 0 Å². The smallest absolute Gasteiger partial charge is 0.0618 e. The third-order valence-corrected chi connectivity index (χ3v) is 8.90. The molecule has 3 aromatic rings. The molecule has 0 heterocycles. The van der Waals surface area contributed by atoms with E-state index in [0.717, 1.165) is 12.8 Å². The van der Waals surface area contributed by atoms with E-state index in [1.165, 1.54) is 61.6 Å². The van der Waals surface area contributed by atoms with Crippen LogP contribution in [0.15, 0.2) is 131 Å². The summed E-state index contributed by atoms with van der Waals surface area (Å²) < 4.78 is 0. The van der Waals surface area contributed by atoms with Gasteiger partial charge < -0.3 is 4.90 Å². The van der Waals surface area contributed by atoms with E-state index < -0.39 is 0 Å². The fourth-order valence-corrected chi connectivity index (χ4v) is 7.22. The maximum atomic E-state index is 2.49. The first-order chi connectivity index (χ1) is 18.5. The van der Waals surface area contributed by atoms with E-state index in [2.05, 4.69) is 136 Å². The summed E-state index contributed by atoms with van der Waals surface area (Å²) >= 11 is 0. The number of hydrogen-bond donors (Lipinski definition) is 0. The van der Waals surface area contributed by atoms with Crippen LogP contribution < -0.4 is 4.90 Å². The lowest BCUT2D eigenvalue weighted by atomic mass is 9.67. The van der Waals surface area contributed by atoms with Crippen molar-refractivity contribution in [1.29, 1.82) is 0 Å². The van der Waals surface area contributed by atoms with Gasteiger partial charge in [0.15, 0.2) is 0 Å². The van der Waals surface area contributed by atoms with E-state index >= 15 is 0 Å². The van der Waals surface area contributed by atoms with Gasteiger partial charge in [0, 0.05) is 17.1 Å². The van der Waals surface area contributed by atoms with Crippen molar-refractivity contribution < 1.29 is 0 Å². The van der Waals surface area contributed by atoms with Crippen molar-refractivity contribution in [3.05, 3.63) is 153 Å². The lowest BCUT2D eigenvalue weighted by Gasteiger charge is -2.35. The van der Waals surface area contributed by atoms with Crippen LogP contribution in [-0.4, -0.2) is 0 Å². The van der Waals surface area contributed by atoms with Gasteiger partial charge in [-0.2, -0.15) is 0 Å². The van der Waals surface area contributed by atoms with E-state index in [4.69, 9.17) is 0 Å². The molecule has 0 radical (unpaired) electrons. The number of anilines is 3. The summed E-state index contributed by atoms with van der Waals surface area (Å²) in [5.74, 6) is 0. The molecule has 7 rings (SSSR count). The molecule has 0 saturated carbocycles. The molecule has 0 amide bonds. The Kier molecular flexibility index (Phi) is 5.13. The van der Waals surface area contributed by atoms with Gasteiger partial charge >= 0.3 is 0 Å². The van der Waals surface area contributed by atoms with Crippen LogP contribution in [-0.2, 0) is 5.41 Å². The Hall–Kier alpha value is -4.10. The van der Waals surface area contributed by atoms with Crippen LogP contribution in [0, 0.1) is 13.8 Å². The molecule has 1 spiro atoms. The molecule has 0 N–H and O–H groups in total. The fourth-order valence-electron chi connectivity index (χ4n) is 7.22. The van der Waals surface area contributed by atoms with Crippen molar-refractivity contribution >= 4 is 22.6 Å². The molecule has 186 valence electrons. The molecule has 0 aromatic heterocycles. The van der Waals surface area contributed by atoms with Gasteiger partial charge in [-0.05, 0) is 122 Å². The van der Waals surface area contributed by atoms with E-state index in [0.29, 0.717) is 0 Å². The van der Waals surface area contributed by atoms with Crippen molar-refractivity contribution in [1.82, 2.24) is 0 Å². The van der Waals surface area contributed by atoms with Crippen LogP contribution in [0.25, 0.3) is 5.57 Å². The van der Waals surface area contributed by atoms with Gasteiger partial charge in [-0.3, -0.25) is 0 Å². The summed E-state index contributed by atoms with van der Waals surface area (Å²) in [5.41, 5.74) is 17.7. The summed E-state index contributed by atoms with van der Waals surface area (Å²) in [6.45, 7) is 8.81. The summed E-state index contributed by atoms with van der Waals surface area (Å²) in [7, 11) is 0. The van der Waals surface area contributed by atoms with Gasteiger partial charge in [0.2, 0.25) is 0 Å². The van der Waals surface area contributed by atoms with Gasteiger partial charge in [0.05, 0.1) is 5.41 Å². The van der Waals surface area contributed by atoms with Gasteiger partial charge in [-0.1, -0.05) is 77.9 Å². The maximum Gasteiger partial charge on any atom is 0.0618 e. The first kappa shape index (κ1) is 23.0. The molecule has 1 heteroatoms. The van der Waals surface area contributed by atoms with Crippen LogP contribution in [0.5, 0.6) is 0 Å². The maximum absolute atomic E-state index is 2.49. The molecule has 4 aliphatic rings. The van der Waals surface area contributed by atoms with Crippen molar-refractivity contribution in [3.63, 3.8) is 0 Å². The largest absolute Gasteiger partial charge is 0.310 e. The quantitative estimate of drug-likeness (QED) is 0.351. The summed E-state index contributed by atoms with van der Waals surface area (Å²) in [6.07, 6.45) is 16.0. The number of fused-ring (bicyclic) bond motifs is 5.